The highest BCUT2D eigenvalue weighted by molar-refractivity contribution is 5.85. The van der Waals surface area contributed by atoms with Gasteiger partial charge in [0.2, 0.25) is 0 Å². The van der Waals surface area contributed by atoms with Gasteiger partial charge in [-0.3, -0.25) is 0 Å². The molecule has 1 aromatic carbocycles. The molecule has 1 atom stereocenters. The van der Waals surface area contributed by atoms with Gasteiger partial charge in [-0.05, 0) is 31.0 Å². The van der Waals surface area contributed by atoms with E-state index in [1.165, 1.54) is 0 Å². The van der Waals surface area contributed by atoms with Crippen molar-refractivity contribution in [3.05, 3.63) is 42.0 Å². The Kier molecular flexibility index (Phi) is 5.28. The van der Waals surface area contributed by atoms with Gasteiger partial charge in [-0.15, -0.1) is 19.0 Å². The molecule has 78 valence electrons. The molecule has 0 saturated heterocycles. The molecule has 3 N–H and O–H groups in total. The van der Waals surface area contributed by atoms with E-state index in [4.69, 9.17) is 10.8 Å². The van der Waals surface area contributed by atoms with Gasteiger partial charge in [-0.1, -0.05) is 17.7 Å². The van der Waals surface area contributed by atoms with Crippen LogP contribution in [0, 0.1) is 0 Å². The van der Waals surface area contributed by atoms with E-state index in [0.717, 1.165) is 17.6 Å². The monoisotopic (exact) mass is 213 g/mol. The van der Waals surface area contributed by atoms with Crippen molar-refractivity contribution < 1.29 is 5.11 Å². The predicted molar refractivity (Wildman–Crippen MR) is 61.7 cm³/mol. The third kappa shape index (κ3) is 3.81. The maximum absolute atomic E-state index is 9.06. The maximum Gasteiger partial charge on any atom is 0.115 e. The van der Waals surface area contributed by atoms with Crippen molar-refractivity contribution >= 4 is 12.4 Å². The lowest BCUT2D eigenvalue weighted by atomic mass is 10.0. The summed E-state index contributed by atoms with van der Waals surface area (Å²) < 4.78 is 0. The number of nitrogens with two attached hydrogens (primary N) is 1. The zero-order valence-electron chi connectivity index (χ0n) is 8.23. The van der Waals surface area contributed by atoms with E-state index in [0.29, 0.717) is 0 Å². The second-order valence-electron chi connectivity index (χ2n) is 3.36. The predicted octanol–water partition coefficient (Wildman–Crippen LogP) is 2.78. The summed E-state index contributed by atoms with van der Waals surface area (Å²) in [4.78, 5) is 0. The van der Waals surface area contributed by atoms with Crippen LogP contribution in [0.5, 0.6) is 5.75 Å². The second kappa shape index (κ2) is 5.68. The van der Waals surface area contributed by atoms with E-state index < -0.39 is 0 Å². The molecule has 0 spiro atoms. The molecule has 0 amide bonds. The third-order valence-electron chi connectivity index (χ3n) is 1.89. The van der Waals surface area contributed by atoms with Crippen LogP contribution < -0.4 is 5.73 Å². The number of aromatic hydroxyl groups is 1. The molecule has 0 aliphatic heterocycles. The van der Waals surface area contributed by atoms with E-state index in [9.17, 15) is 0 Å². The van der Waals surface area contributed by atoms with Crippen molar-refractivity contribution in [1.82, 2.24) is 0 Å². The lowest BCUT2D eigenvalue weighted by Gasteiger charge is -2.11. The molecule has 0 fully saturated rings. The lowest BCUT2D eigenvalue weighted by molar-refractivity contribution is 0.475. The molecule has 0 aliphatic carbocycles. The first-order valence-corrected chi connectivity index (χ1v) is 4.28. The fraction of sp³-hybridized carbons (Fsp3) is 0.273. The Morgan fingerprint density at radius 1 is 1.43 bits per heavy atom. The lowest BCUT2D eigenvalue weighted by Crippen LogP contribution is -2.09. The second-order valence-corrected chi connectivity index (χ2v) is 3.36. The van der Waals surface area contributed by atoms with E-state index in [2.05, 4.69) is 6.58 Å². The Labute approximate surface area is 90.9 Å². The normalized spacial score (nSPS) is 11.6. The van der Waals surface area contributed by atoms with Crippen LogP contribution in [0.1, 0.15) is 24.9 Å². The first-order valence-electron chi connectivity index (χ1n) is 4.28. The molecule has 2 nitrogen and oxygen atoms in total. The van der Waals surface area contributed by atoms with Gasteiger partial charge in [0, 0.05) is 6.04 Å². The Morgan fingerprint density at radius 2 is 1.93 bits per heavy atom. The molecule has 0 radical (unpaired) electrons. The fourth-order valence-corrected chi connectivity index (χ4v) is 1.21. The number of phenols is 1. The van der Waals surface area contributed by atoms with Crippen molar-refractivity contribution in [2.75, 3.05) is 0 Å². The van der Waals surface area contributed by atoms with Gasteiger partial charge in [-0.25, -0.2) is 0 Å². The van der Waals surface area contributed by atoms with Crippen LogP contribution in [0.3, 0.4) is 0 Å². The quantitative estimate of drug-likeness (QED) is 0.759. The van der Waals surface area contributed by atoms with Crippen molar-refractivity contribution in [2.24, 2.45) is 5.73 Å². The molecule has 0 saturated carbocycles. The summed E-state index contributed by atoms with van der Waals surface area (Å²) in [6, 6.07) is 6.95. The Bertz CT molecular complexity index is 295. The minimum Gasteiger partial charge on any atom is -0.508 e. The van der Waals surface area contributed by atoms with Gasteiger partial charge in [0.1, 0.15) is 5.75 Å². The summed E-state index contributed by atoms with van der Waals surface area (Å²) in [5.41, 5.74) is 8.00. The molecule has 14 heavy (non-hydrogen) atoms. The van der Waals surface area contributed by atoms with Crippen LogP contribution in [-0.2, 0) is 0 Å². The SMILES string of the molecule is C=C(C)C[C@H](N)c1ccc(O)cc1.Cl. The number of phenolic OH excluding ortho intramolecular Hbond substituents is 1. The molecule has 0 heterocycles. The highest BCUT2D eigenvalue weighted by Gasteiger charge is 2.05. The maximum atomic E-state index is 9.06. The summed E-state index contributed by atoms with van der Waals surface area (Å²) in [5.74, 6) is 0.270. The topological polar surface area (TPSA) is 46.2 Å². The molecule has 3 heteroatoms. The number of benzene rings is 1. The highest BCUT2D eigenvalue weighted by atomic mass is 35.5. The van der Waals surface area contributed by atoms with Gasteiger partial charge in [-0.2, -0.15) is 0 Å². The third-order valence-corrected chi connectivity index (χ3v) is 1.89. The van der Waals surface area contributed by atoms with E-state index >= 15 is 0 Å². The summed E-state index contributed by atoms with van der Waals surface area (Å²) in [5, 5.41) is 9.06. The van der Waals surface area contributed by atoms with Crippen LogP contribution in [0.4, 0.5) is 0 Å². The van der Waals surface area contributed by atoms with Crippen LogP contribution in [0.15, 0.2) is 36.4 Å². The van der Waals surface area contributed by atoms with Gasteiger partial charge in [0.15, 0.2) is 0 Å². The summed E-state index contributed by atoms with van der Waals surface area (Å²) in [6.45, 7) is 5.77. The Balaban J connectivity index is 0.00000169. The first-order chi connectivity index (χ1) is 6.09. The molecular weight excluding hydrogens is 198 g/mol. The molecule has 0 unspecified atom stereocenters. The van der Waals surface area contributed by atoms with Crippen molar-refractivity contribution in [1.29, 1.82) is 0 Å². The number of hydrogen-bond acceptors (Lipinski definition) is 2. The van der Waals surface area contributed by atoms with Crippen LogP contribution in [0.25, 0.3) is 0 Å². The van der Waals surface area contributed by atoms with Gasteiger partial charge >= 0.3 is 0 Å². The Hall–Kier alpha value is -0.990. The van der Waals surface area contributed by atoms with Crippen molar-refractivity contribution in [3.8, 4) is 5.75 Å². The van der Waals surface area contributed by atoms with E-state index in [1.807, 2.05) is 19.1 Å². The zero-order valence-corrected chi connectivity index (χ0v) is 9.05. The average molecular weight is 214 g/mol. The minimum atomic E-state index is -0.0156. The molecule has 0 aromatic heterocycles. The highest BCUT2D eigenvalue weighted by Crippen LogP contribution is 2.19. The van der Waals surface area contributed by atoms with Crippen LogP contribution >= 0.6 is 12.4 Å². The molecule has 0 aliphatic rings. The van der Waals surface area contributed by atoms with Crippen molar-refractivity contribution in [2.45, 2.75) is 19.4 Å². The van der Waals surface area contributed by atoms with Crippen LogP contribution in [0.2, 0.25) is 0 Å². The van der Waals surface area contributed by atoms with Crippen LogP contribution in [-0.4, -0.2) is 5.11 Å². The molecule has 1 rings (SSSR count). The average Bonchev–Trinajstić information content (AvgIpc) is 2.04. The van der Waals surface area contributed by atoms with Gasteiger partial charge < -0.3 is 10.8 Å². The zero-order chi connectivity index (χ0) is 9.84. The minimum absolute atomic E-state index is 0. The number of hydrogen-bond donors (Lipinski definition) is 2. The standard InChI is InChI=1S/C11H15NO.ClH/c1-8(2)7-11(12)9-3-5-10(13)6-4-9;/h3-6,11,13H,1,7,12H2,2H3;1H/t11-;/m0./s1. The number of halogens is 1. The summed E-state index contributed by atoms with van der Waals surface area (Å²) >= 11 is 0. The number of rotatable bonds is 3. The first kappa shape index (κ1) is 13.0. The summed E-state index contributed by atoms with van der Waals surface area (Å²) in [6.07, 6.45) is 0.783. The smallest absolute Gasteiger partial charge is 0.115 e. The molecule has 1 aromatic rings. The van der Waals surface area contributed by atoms with E-state index in [1.54, 1.807) is 12.1 Å². The fourth-order valence-electron chi connectivity index (χ4n) is 1.21. The summed E-state index contributed by atoms with van der Waals surface area (Å²) in [7, 11) is 0. The molecular formula is C11H16ClNO. The largest absolute Gasteiger partial charge is 0.508 e. The van der Waals surface area contributed by atoms with Gasteiger partial charge in [0.05, 0.1) is 0 Å². The van der Waals surface area contributed by atoms with Crippen molar-refractivity contribution in [3.63, 3.8) is 0 Å². The molecule has 0 bridgehead atoms. The van der Waals surface area contributed by atoms with E-state index in [-0.39, 0.29) is 24.2 Å². The van der Waals surface area contributed by atoms with Gasteiger partial charge in [0.25, 0.3) is 0 Å². The Morgan fingerprint density at radius 3 is 2.36 bits per heavy atom.